The summed E-state index contributed by atoms with van der Waals surface area (Å²) in [6.07, 6.45) is 6.31. The Kier molecular flexibility index (Phi) is 5.81. The van der Waals surface area contributed by atoms with E-state index in [0.29, 0.717) is 13.1 Å². The van der Waals surface area contributed by atoms with E-state index in [-0.39, 0.29) is 17.4 Å². The first kappa shape index (κ1) is 15.7. The number of nitrogens with one attached hydrogen (secondary N) is 1. The van der Waals surface area contributed by atoms with E-state index < -0.39 is 0 Å². The molecule has 1 aliphatic heterocycles. The molecule has 1 heterocycles. The van der Waals surface area contributed by atoms with Crippen molar-refractivity contribution < 1.29 is 14.6 Å². The van der Waals surface area contributed by atoms with Gasteiger partial charge in [-0.25, -0.2) is 0 Å². The van der Waals surface area contributed by atoms with Gasteiger partial charge in [-0.05, 0) is 32.2 Å². The van der Waals surface area contributed by atoms with E-state index in [0.717, 1.165) is 45.4 Å². The average Bonchev–Trinajstić information content (AvgIpc) is 2.86. The number of piperidine rings is 1. The van der Waals surface area contributed by atoms with Gasteiger partial charge in [-0.1, -0.05) is 12.8 Å². The van der Waals surface area contributed by atoms with Crippen molar-refractivity contribution in [2.75, 3.05) is 39.9 Å². The Morgan fingerprint density at radius 3 is 2.80 bits per heavy atom. The number of amides is 1. The minimum Gasteiger partial charge on any atom is -0.392 e. The number of carbonyl (C=O) groups excluding carboxylic acids is 1. The fourth-order valence-corrected chi connectivity index (χ4v) is 3.52. The molecule has 0 bridgehead atoms. The Morgan fingerprint density at radius 1 is 1.40 bits per heavy atom. The van der Waals surface area contributed by atoms with Crippen molar-refractivity contribution in [3.05, 3.63) is 0 Å². The Hall–Kier alpha value is -0.650. The first-order valence-corrected chi connectivity index (χ1v) is 7.80. The monoisotopic (exact) mass is 284 g/mol. The van der Waals surface area contributed by atoms with Crippen LogP contribution in [0.3, 0.4) is 0 Å². The molecule has 1 atom stereocenters. The molecule has 0 unspecified atom stereocenters. The van der Waals surface area contributed by atoms with E-state index in [2.05, 4.69) is 5.32 Å². The number of nitrogens with zero attached hydrogens (tertiary/aromatic N) is 1. The maximum atomic E-state index is 12.0. The lowest BCUT2D eigenvalue weighted by Gasteiger charge is -2.31. The third kappa shape index (κ3) is 4.43. The average molecular weight is 284 g/mol. The normalized spacial score (nSPS) is 26.6. The fourth-order valence-electron chi connectivity index (χ4n) is 3.52. The molecule has 1 amide bonds. The third-order valence-electron chi connectivity index (χ3n) is 4.62. The summed E-state index contributed by atoms with van der Waals surface area (Å²) in [4.78, 5) is 14.1. The largest absolute Gasteiger partial charge is 0.392 e. The van der Waals surface area contributed by atoms with Gasteiger partial charge in [-0.3, -0.25) is 9.69 Å². The molecule has 2 fully saturated rings. The van der Waals surface area contributed by atoms with E-state index in [1.807, 2.05) is 4.90 Å². The van der Waals surface area contributed by atoms with E-state index in [1.54, 1.807) is 7.11 Å². The lowest BCUT2D eigenvalue weighted by Crippen LogP contribution is -2.46. The third-order valence-corrected chi connectivity index (χ3v) is 4.62. The van der Waals surface area contributed by atoms with Crippen LogP contribution in [-0.2, 0) is 9.53 Å². The summed E-state index contributed by atoms with van der Waals surface area (Å²) in [7, 11) is 1.73. The minimum atomic E-state index is -0.272. The summed E-state index contributed by atoms with van der Waals surface area (Å²) < 4.78 is 5.33. The Bertz CT molecular complexity index is 316. The van der Waals surface area contributed by atoms with Crippen LogP contribution < -0.4 is 5.32 Å². The lowest BCUT2D eigenvalue weighted by molar-refractivity contribution is -0.123. The number of hydrogen-bond donors (Lipinski definition) is 2. The molecule has 1 saturated carbocycles. The fraction of sp³-hybridized carbons (Fsp3) is 0.933. The smallest absolute Gasteiger partial charge is 0.234 e. The molecule has 5 nitrogen and oxygen atoms in total. The Labute approximate surface area is 121 Å². The lowest BCUT2D eigenvalue weighted by atomic mass is 9.87. The standard InChI is InChI=1S/C15H28N2O3/c1-20-12-15(6-2-3-7-15)11-16-14(19)10-17-8-4-5-13(18)9-17/h13,18H,2-12H2,1H3,(H,16,19)/t13-/m1/s1. The number of likely N-dealkylation sites (tertiary alicyclic amines) is 1. The van der Waals surface area contributed by atoms with Crippen LogP contribution in [0.5, 0.6) is 0 Å². The predicted octanol–water partition coefficient (Wildman–Crippen LogP) is 0.766. The molecule has 0 aromatic carbocycles. The van der Waals surface area contributed by atoms with Gasteiger partial charge >= 0.3 is 0 Å². The zero-order valence-electron chi connectivity index (χ0n) is 12.6. The van der Waals surface area contributed by atoms with Crippen LogP contribution in [0.1, 0.15) is 38.5 Å². The van der Waals surface area contributed by atoms with Gasteiger partial charge in [0.1, 0.15) is 0 Å². The van der Waals surface area contributed by atoms with Crippen molar-refractivity contribution in [2.45, 2.75) is 44.6 Å². The van der Waals surface area contributed by atoms with Crippen molar-refractivity contribution in [1.82, 2.24) is 10.2 Å². The van der Waals surface area contributed by atoms with Gasteiger partial charge in [0.15, 0.2) is 0 Å². The second-order valence-electron chi connectivity index (χ2n) is 6.45. The summed E-state index contributed by atoms with van der Waals surface area (Å²) in [5.74, 6) is 0.0708. The van der Waals surface area contributed by atoms with Crippen LogP contribution in [0.4, 0.5) is 0 Å². The Balaban J connectivity index is 1.73. The molecule has 0 aromatic rings. The number of aliphatic hydroxyl groups is 1. The van der Waals surface area contributed by atoms with E-state index >= 15 is 0 Å². The molecule has 0 radical (unpaired) electrons. The van der Waals surface area contributed by atoms with E-state index in [1.165, 1.54) is 12.8 Å². The molecular formula is C15H28N2O3. The highest BCUT2D eigenvalue weighted by Crippen LogP contribution is 2.37. The highest BCUT2D eigenvalue weighted by atomic mass is 16.5. The summed E-state index contributed by atoms with van der Waals surface area (Å²) >= 11 is 0. The van der Waals surface area contributed by atoms with Crippen LogP contribution in [0.25, 0.3) is 0 Å². The van der Waals surface area contributed by atoms with Crippen molar-refractivity contribution >= 4 is 5.91 Å². The zero-order valence-corrected chi connectivity index (χ0v) is 12.6. The highest BCUT2D eigenvalue weighted by Gasteiger charge is 2.34. The van der Waals surface area contributed by atoms with Gasteiger partial charge in [-0.15, -0.1) is 0 Å². The van der Waals surface area contributed by atoms with Gasteiger partial charge < -0.3 is 15.2 Å². The molecule has 5 heteroatoms. The zero-order chi connectivity index (χ0) is 14.4. The molecule has 116 valence electrons. The van der Waals surface area contributed by atoms with E-state index in [4.69, 9.17) is 4.74 Å². The number of hydrogen-bond acceptors (Lipinski definition) is 4. The highest BCUT2D eigenvalue weighted by molar-refractivity contribution is 5.78. The number of methoxy groups -OCH3 is 1. The predicted molar refractivity (Wildman–Crippen MR) is 77.5 cm³/mol. The van der Waals surface area contributed by atoms with Gasteiger partial charge in [0.2, 0.25) is 5.91 Å². The number of rotatable bonds is 6. The molecule has 0 spiro atoms. The summed E-state index contributed by atoms with van der Waals surface area (Å²) in [5, 5.41) is 12.7. The van der Waals surface area contributed by atoms with Gasteiger partial charge in [0.05, 0.1) is 19.3 Å². The molecule has 1 aliphatic carbocycles. The van der Waals surface area contributed by atoms with Crippen LogP contribution >= 0.6 is 0 Å². The summed E-state index contributed by atoms with van der Waals surface area (Å²) in [6, 6.07) is 0. The SMILES string of the molecule is COCC1(CNC(=O)CN2CCC[C@@H](O)C2)CCCC1. The first-order chi connectivity index (χ1) is 9.63. The van der Waals surface area contributed by atoms with Crippen LogP contribution in [0.2, 0.25) is 0 Å². The minimum absolute atomic E-state index is 0.0708. The number of aliphatic hydroxyl groups excluding tert-OH is 1. The number of ether oxygens (including phenoxy) is 1. The Morgan fingerprint density at radius 2 is 2.15 bits per heavy atom. The number of carbonyl (C=O) groups is 1. The van der Waals surface area contributed by atoms with Gasteiger partial charge in [0, 0.05) is 25.6 Å². The van der Waals surface area contributed by atoms with Crippen molar-refractivity contribution in [3.8, 4) is 0 Å². The molecular weight excluding hydrogens is 256 g/mol. The maximum Gasteiger partial charge on any atom is 0.234 e. The number of β-amino-alcohol motifs (C(OH)–C–C–N with tert-alkyl or cyclic N) is 1. The van der Waals surface area contributed by atoms with Gasteiger partial charge in [-0.2, -0.15) is 0 Å². The van der Waals surface area contributed by atoms with Crippen molar-refractivity contribution in [3.63, 3.8) is 0 Å². The quantitative estimate of drug-likeness (QED) is 0.756. The molecule has 2 aliphatic rings. The van der Waals surface area contributed by atoms with Gasteiger partial charge in [0.25, 0.3) is 0 Å². The van der Waals surface area contributed by atoms with Crippen molar-refractivity contribution in [2.24, 2.45) is 5.41 Å². The molecule has 2 rings (SSSR count). The second kappa shape index (κ2) is 7.38. The summed E-state index contributed by atoms with van der Waals surface area (Å²) in [6.45, 7) is 3.39. The molecule has 0 aromatic heterocycles. The maximum absolute atomic E-state index is 12.0. The van der Waals surface area contributed by atoms with Crippen molar-refractivity contribution in [1.29, 1.82) is 0 Å². The van der Waals surface area contributed by atoms with E-state index in [9.17, 15) is 9.90 Å². The topological polar surface area (TPSA) is 61.8 Å². The second-order valence-corrected chi connectivity index (χ2v) is 6.45. The first-order valence-electron chi connectivity index (χ1n) is 7.80. The van der Waals surface area contributed by atoms with Crippen LogP contribution in [-0.4, -0.2) is 61.9 Å². The molecule has 20 heavy (non-hydrogen) atoms. The van der Waals surface area contributed by atoms with Crippen LogP contribution in [0, 0.1) is 5.41 Å². The van der Waals surface area contributed by atoms with Crippen LogP contribution in [0.15, 0.2) is 0 Å². The molecule has 2 N–H and O–H groups in total. The molecule has 1 saturated heterocycles. The summed E-state index contributed by atoms with van der Waals surface area (Å²) in [5.41, 5.74) is 0.145.